The summed E-state index contributed by atoms with van der Waals surface area (Å²) in [4.78, 5) is 28.6. The molecule has 2 fully saturated rings. The summed E-state index contributed by atoms with van der Waals surface area (Å²) < 4.78 is 42.7. The first-order valence-electron chi connectivity index (χ1n) is 14.6. The Balaban J connectivity index is 1.71. The van der Waals surface area contributed by atoms with Gasteiger partial charge in [0.05, 0.1) is 41.9 Å². The Bertz CT molecular complexity index is 1650. The number of rotatable bonds is 11. The molecule has 4 atom stereocenters. The van der Waals surface area contributed by atoms with E-state index >= 15 is 0 Å². The smallest absolute Gasteiger partial charge is 0.304 e. The number of carbonyl (C=O) groups excluding carboxylic acids is 1. The molecule has 1 saturated heterocycles. The molecule has 0 unspecified atom stereocenters. The van der Waals surface area contributed by atoms with E-state index in [1.54, 1.807) is 30.0 Å². The number of carboxylic acids is 1. The van der Waals surface area contributed by atoms with Gasteiger partial charge in [0.25, 0.3) is 0 Å². The predicted octanol–water partition coefficient (Wildman–Crippen LogP) is 7.31. The number of hydrogen-bond donors (Lipinski definition) is 1. The minimum atomic E-state index is -3.89. The molecule has 5 rings (SSSR count). The molecule has 1 aliphatic heterocycles. The molecule has 1 amide bonds. The Morgan fingerprint density at radius 3 is 2.32 bits per heavy atom. The van der Waals surface area contributed by atoms with Gasteiger partial charge in [-0.15, -0.1) is 0 Å². The fourth-order valence-corrected chi connectivity index (χ4v) is 7.98. The van der Waals surface area contributed by atoms with Crippen molar-refractivity contribution in [3.63, 3.8) is 0 Å². The highest BCUT2D eigenvalue weighted by Crippen LogP contribution is 2.54. The third-order valence-corrected chi connectivity index (χ3v) is 11.1. The zero-order valence-electron chi connectivity index (χ0n) is 24.5. The molecule has 0 aromatic heterocycles. The van der Waals surface area contributed by atoms with E-state index in [0.717, 1.165) is 24.0 Å². The van der Waals surface area contributed by atoms with Gasteiger partial charge in [0.15, 0.2) is 0 Å². The standard InChI is InChI=1S/C33H35Cl2FN2O5S/c1-3-44(42,43)37(27-9-5-8-26(36)17-27)20-29(21-10-11-21)38-31(22-12-14-24(34)15-13-22)28(23-6-4-7-25(35)16-23)18-33(2,32(38)41)19-30(39)40/h4-9,12-17,21,28-29,31H,3,10-11,18-20H2,1-2H3,(H,39,40)/t28-,29-,31-,33-/m1/s1. The van der Waals surface area contributed by atoms with Crippen LogP contribution in [0.25, 0.3) is 0 Å². The SMILES string of the molecule is CCS(=O)(=O)N(C[C@H](C1CC1)N1C(=O)[C@@](C)(CC(=O)O)C[C@H](c2cccc(Cl)c2)[C@H]1c1ccc(Cl)cc1)c1cccc(F)c1. The first-order chi connectivity index (χ1) is 20.8. The van der Waals surface area contributed by atoms with Crippen LogP contribution >= 0.6 is 23.2 Å². The van der Waals surface area contributed by atoms with Crippen molar-refractivity contribution in [2.45, 2.75) is 57.5 Å². The fourth-order valence-electron chi connectivity index (χ4n) is 6.53. The second kappa shape index (κ2) is 12.7. The molecule has 11 heteroatoms. The normalized spacial score (nSPS) is 22.9. The number of hydrogen-bond acceptors (Lipinski definition) is 4. The predicted molar refractivity (Wildman–Crippen MR) is 170 cm³/mol. The topological polar surface area (TPSA) is 95.0 Å². The van der Waals surface area contributed by atoms with Gasteiger partial charge >= 0.3 is 5.97 Å². The molecule has 3 aromatic rings. The minimum Gasteiger partial charge on any atom is -0.481 e. The number of halogens is 3. The number of benzene rings is 3. The molecule has 234 valence electrons. The zero-order chi connectivity index (χ0) is 31.8. The van der Waals surface area contributed by atoms with Gasteiger partial charge in [-0.2, -0.15) is 0 Å². The largest absolute Gasteiger partial charge is 0.481 e. The third-order valence-electron chi connectivity index (χ3n) is 8.80. The van der Waals surface area contributed by atoms with Crippen LogP contribution in [0.4, 0.5) is 10.1 Å². The van der Waals surface area contributed by atoms with Crippen LogP contribution in [0.2, 0.25) is 10.0 Å². The first-order valence-corrected chi connectivity index (χ1v) is 17.0. The van der Waals surface area contributed by atoms with E-state index in [9.17, 15) is 27.5 Å². The molecule has 1 heterocycles. The monoisotopic (exact) mass is 660 g/mol. The van der Waals surface area contributed by atoms with Crippen molar-refractivity contribution in [1.29, 1.82) is 0 Å². The highest BCUT2D eigenvalue weighted by molar-refractivity contribution is 7.92. The van der Waals surface area contributed by atoms with Gasteiger partial charge in [0.1, 0.15) is 5.82 Å². The second-order valence-corrected chi connectivity index (χ2v) is 15.1. The number of sulfonamides is 1. The molecule has 1 N–H and O–H groups in total. The summed E-state index contributed by atoms with van der Waals surface area (Å²) in [5, 5.41) is 11.0. The maximum Gasteiger partial charge on any atom is 0.304 e. The van der Waals surface area contributed by atoms with Gasteiger partial charge in [0.2, 0.25) is 15.9 Å². The van der Waals surface area contributed by atoms with E-state index in [2.05, 4.69) is 0 Å². The molecule has 7 nitrogen and oxygen atoms in total. The maximum atomic E-state index is 14.7. The molecule has 44 heavy (non-hydrogen) atoms. The number of amides is 1. The molecule has 0 radical (unpaired) electrons. The average Bonchev–Trinajstić information content (AvgIpc) is 3.81. The summed E-state index contributed by atoms with van der Waals surface area (Å²) in [6, 6.07) is 18.7. The van der Waals surface area contributed by atoms with Crippen molar-refractivity contribution < 1.29 is 27.5 Å². The van der Waals surface area contributed by atoms with Gasteiger partial charge in [-0.3, -0.25) is 13.9 Å². The number of nitrogens with zero attached hydrogens (tertiary/aromatic N) is 2. The van der Waals surface area contributed by atoms with E-state index < -0.39 is 45.7 Å². The number of likely N-dealkylation sites (tertiary alicyclic amines) is 1. The second-order valence-electron chi connectivity index (χ2n) is 12.0. The van der Waals surface area contributed by atoms with Crippen molar-refractivity contribution in [1.82, 2.24) is 4.90 Å². The maximum absolute atomic E-state index is 14.7. The molecule has 0 bridgehead atoms. The van der Waals surface area contributed by atoms with Crippen molar-refractivity contribution in [2.75, 3.05) is 16.6 Å². The van der Waals surface area contributed by atoms with Crippen LogP contribution in [0.3, 0.4) is 0 Å². The lowest BCUT2D eigenvalue weighted by atomic mass is 9.67. The van der Waals surface area contributed by atoms with Crippen LogP contribution in [0.5, 0.6) is 0 Å². The van der Waals surface area contributed by atoms with Crippen LogP contribution in [0.1, 0.15) is 62.6 Å². The molecule has 1 aliphatic carbocycles. The molecule has 0 spiro atoms. The van der Waals surface area contributed by atoms with E-state index in [1.807, 2.05) is 30.3 Å². The number of carbonyl (C=O) groups is 2. The number of piperidine rings is 1. The van der Waals surface area contributed by atoms with Gasteiger partial charge < -0.3 is 10.0 Å². The summed E-state index contributed by atoms with van der Waals surface area (Å²) in [5.74, 6) is -2.67. The third kappa shape index (κ3) is 6.75. The molecule has 3 aromatic carbocycles. The van der Waals surface area contributed by atoms with Crippen molar-refractivity contribution >= 4 is 50.8 Å². The van der Waals surface area contributed by atoms with E-state index in [0.29, 0.717) is 10.0 Å². The van der Waals surface area contributed by atoms with Crippen LogP contribution in [-0.4, -0.2) is 48.6 Å². The molecule has 1 saturated carbocycles. The lowest BCUT2D eigenvalue weighted by molar-refractivity contribution is -0.160. The molecular weight excluding hydrogens is 626 g/mol. The number of aliphatic carboxylic acids is 1. The first kappa shape index (κ1) is 32.3. The van der Waals surface area contributed by atoms with Crippen molar-refractivity contribution in [2.24, 2.45) is 11.3 Å². The van der Waals surface area contributed by atoms with Gasteiger partial charge in [0, 0.05) is 16.0 Å². The van der Waals surface area contributed by atoms with Gasteiger partial charge in [-0.05, 0) is 85.7 Å². The van der Waals surface area contributed by atoms with E-state index in [1.165, 1.54) is 35.5 Å². The quantitative estimate of drug-likeness (QED) is 0.233. The Hall–Kier alpha value is -3.14. The lowest BCUT2D eigenvalue weighted by Crippen LogP contribution is -2.59. The van der Waals surface area contributed by atoms with Crippen LogP contribution in [0.15, 0.2) is 72.8 Å². The Labute approximate surface area is 267 Å². The number of anilines is 1. The highest BCUT2D eigenvalue weighted by Gasteiger charge is 2.55. The number of carboxylic acid groups (broad SMARTS) is 1. The van der Waals surface area contributed by atoms with E-state index in [-0.39, 0.29) is 42.1 Å². The lowest BCUT2D eigenvalue weighted by Gasteiger charge is -2.52. The molecule has 2 aliphatic rings. The Morgan fingerprint density at radius 2 is 1.73 bits per heavy atom. The summed E-state index contributed by atoms with van der Waals surface area (Å²) in [7, 11) is -3.89. The van der Waals surface area contributed by atoms with Crippen LogP contribution in [0, 0.1) is 17.2 Å². The van der Waals surface area contributed by atoms with E-state index in [4.69, 9.17) is 23.2 Å². The highest BCUT2D eigenvalue weighted by atomic mass is 35.5. The van der Waals surface area contributed by atoms with Crippen LogP contribution in [-0.2, 0) is 19.6 Å². The Kier molecular flexibility index (Phi) is 9.31. The van der Waals surface area contributed by atoms with Crippen molar-refractivity contribution in [3.8, 4) is 0 Å². The molecular formula is C33H35Cl2FN2O5S. The minimum absolute atomic E-state index is 0.0379. The summed E-state index contributed by atoms with van der Waals surface area (Å²) in [6.07, 6.45) is 1.37. The average molecular weight is 662 g/mol. The summed E-state index contributed by atoms with van der Waals surface area (Å²) >= 11 is 12.7. The van der Waals surface area contributed by atoms with Crippen LogP contribution < -0.4 is 4.31 Å². The Morgan fingerprint density at radius 1 is 1.05 bits per heavy atom. The van der Waals surface area contributed by atoms with Crippen molar-refractivity contribution in [3.05, 3.63) is 99.8 Å². The summed E-state index contributed by atoms with van der Waals surface area (Å²) in [6.45, 7) is 3.09. The fraction of sp³-hybridized carbons (Fsp3) is 0.394. The van der Waals surface area contributed by atoms with Gasteiger partial charge in [-0.25, -0.2) is 12.8 Å². The zero-order valence-corrected chi connectivity index (χ0v) is 26.8. The summed E-state index contributed by atoms with van der Waals surface area (Å²) in [5.41, 5.74) is 0.503. The van der Waals surface area contributed by atoms with Gasteiger partial charge in [-0.1, -0.05) is 60.5 Å².